The number of halogens is 1. The number of hydrogen-bond donors (Lipinski definition) is 2. The van der Waals surface area contributed by atoms with Crippen molar-refractivity contribution in [2.24, 2.45) is 0 Å². The molecule has 1 rings (SSSR count). The molecule has 18 heavy (non-hydrogen) atoms. The van der Waals surface area contributed by atoms with E-state index in [4.69, 9.17) is 9.84 Å². The minimum atomic E-state index is -0.489. The van der Waals surface area contributed by atoms with Gasteiger partial charge in [0.2, 0.25) is 0 Å². The molecular formula is C13H18FNO3. The van der Waals surface area contributed by atoms with E-state index in [9.17, 15) is 9.18 Å². The molecule has 0 unspecified atom stereocenters. The van der Waals surface area contributed by atoms with Gasteiger partial charge in [-0.2, -0.15) is 0 Å². The van der Waals surface area contributed by atoms with Gasteiger partial charge in [0.1, 0.15) is 0 Å². The van der Waals surface area contributed by atoms with E-state index in [0.29, 0.717) is 12.1 Å². The van der Waals surface area contributed by atoms with Gasteiger partial charge in [-0.1, -0.05) is 0 Å². The van der Waals surface area contributed by atoms with Gasteiger partial charge in [0.25, 0.3) is 5.91 Å². The maximum Gasteiger partial charge on any atom is 0.251 e. The van der Waals surface area contributed by atoms with Crippen LogP contribution in [-0.2, 0) is 0 Å². The second-order valence-electron chi connectivity index (χ2n) is 3.89. The van der Waals surface area contributed by atoms with Crippen LogP contribution >= 0.6 is 0 Å². The lowest BCUT2D eigenvalue weighted by Gasteiger charge is -2.07. The van der Waals surface area contributed by atoms with E-state index in [1.54, 1.807) is 0 Å². The predicted octanol–water partition coefficient (Wildman–Crippen LogP) is 1.73. The lowest BCUT2D eigenvalue weighted by molar-refractivity contribution is 0.0952. The number of hydrogen-bond acceptors (Lipinski definition) is 3. The molecule has 100 valence electrons. The van der Waals surface area contributed by atoms with Crippen molar-refractivity contribution < 1.29 is 19.0 Å². The number of carbonyl (C=O) groups is 1. The van der Waals surface area contributed by atoms with Gasteiger partial charge >= 0.3 is 0 Å². The van der Waals surface area contributed by atoms with Crippen LogP contribution in [0.5, 0.6) is 5.75 Å². The predicted molar refractivity (Wildman–Crippen MR) is 66.2 cm³/mol. The zero-order chi connectivity index (χ0) is 13.4. The molecule has 0 aliphatic carbocycles. The van der Waals surface area contributed by atoms with Crippen LogP contribution in [0.25, 0.3) is 0 Å². The molecule has 0 bridgehead atoms. The number of ether oxygens (including phenoxy) is 1. The fraction of sp³-hybridized carbons (Fsp3) is 0.462. The third kappa shape index (κ3) is 4.33. The monoisotopic (exact) mass is 255 g/mol. The maximum absolute atomic E-state index is 13.1. The molecule has 0 spiro atoms. The fourth-order valence-electron chi connectivity index (χ4n) is 1.52. The van der Waals surface area contributed by atoms with Gasteiger partial charge in [-0.15, -0.1) is 0 Å². The second-order valence-corrected chi connectivity index (χ2v) is 3.89. The molecule has 4 nitrogen and oxygen atoms in total. The Bertz CT molecular complexity index is 396. The number of methoxy groups -OCH3 is 1. The summed E-state index contributed by atoms with van der Waals surface area (Å²) in [5, 5.41) is 11.3. The molecule has 5 heteroatoms. The molecular weight excluding hydrogens is 237 g/mol. The van der Waals surface area contributed by atoms with E-state index in [0.717, 1.165) is 19.3 Å². The number of nitrogens with one attached hydrogen (secondary N) is 1. The molecule has 0 heterocycles. The maximum atomic E-state index is 13.1. The molecule has 0 radical (unpaired) electrons. The van der Waals surface area contributed by atoms with Gasteiger partial charge in [-0.25, -0.2) is 4.39 Å². The quantitative estimate of drug-likeness (QED) is 0.729. The first kappa shape index (κ1) is 14.4. The molecule has 0 aliphatic rings. The van der Waals surface area contributed by atoms with Crippen molar-refractivity contribution in [3.63, 3.8) is 0 Å². The minimum absolute atomic E-state index is 0.0583. The van der Waals surface area contributed by atoms with Gasteiger partial charge < -0.3 is 15.2 Å². The van der Waals surface area contributed by atoms with E-state index in [2.05, 4.69) is 5.32 Å². The van der Waals surface area contributed by atoms with E-state index >= 15 is 0 Å². The minimum Gasteiger partial charge on any atom is -0.494 e. The Morgan fingerprint density at radius 1 is 1.39 bits per heavy atom. The van der Waals surface area contributed by atoms with E-state index < -0.39 is 5.82 Å². The smallest absolute Gasteiger partial charge is 0.251 e. The van der Waals surface area contributed by atoms with Gasteiger partial charge in [0.05, 0.1) is 7.11 Å². The molecule has 0 aliphatic heterocycles. The number of aliphatic hydroxyl groups is 1. The lowest BCUT2D eigenvalue weighted by atomic mass is 10.2. The molecule has 2 N–H and O–H groups in total. The molecule has 1 aromatic carbocycles. The number of rotatable bonds is 7. The third-order valence-electron chi connectivity index (χ3n) is 2.53. The third-order valence-corrected chi connectivity index (χ3v) is 2.53. The average Bonchev–Trinajstić information content (AvgIpc) is 2.38. The molecule has 1 amide bonds. The van der Waals surface area contributed by atoms with Gasteiger partial charge in [-0.3, -0.25) is 4.79 Å². The van der Waals surface area contributed by atoms with Gasteiger partial charge in [-0.05, 0) is 37.5 Å². The first-order valence-corrected chi connectivity index (χ1v) is 5.91. The first-order chi connectivity index (χ1) is 8.69. The lowest BCUT2D eigenvalue weighted by Crippen LogP contribution is -2.24. The van der Waals surface area contributed by atoms with Crippen molar-refractivity contribution in [3.8, 4) is 5.75 Å². The standard InChI is InChI=1S/C13H18FNO3/c1-18-12-9-10(5-6-11(12)14)13(17)15-7-3-2-4-8-16/h5-6,9,16H,2-4,7-8H2,1H3,(H,15,17). The van der Waals surface area contributed by atoms with Crippen molar-refractivity contribution in [2.45, 2.75) is 19.3 Å². The van der Waals surface area contributed by atoms with Gasteiger partial charge in [0, 0.05) is 18.7 Å². The molecule has 0 saturated carbocycles. The van der Waals surface area contributed by atoms with Crippen molar-refractivity contribution >= 4 is 5.91 Å². The number of unbranched alkanes of at least 4 members (excludes halogenated alkanes) is 2. The molecule has 0 fully saturated rings. The highest BCUT2D eigenvalue weighted by Gasteiger charge is 2.09. The molecule has 0 aromatic heterocycles. The Hall–Kier alpha value is -1.62. The molecule has 1 aromatic rings. The zero-order valence-corrected chi connectivity index (χ0v) is 10.4. The van der Waals surface area contributed by atoms with Crippen molar-refractivity contribution in [3.05, 3.63) is 29.6 Å². The zero-order valence-electron chi connectivity index (χ0n) is 10.4. The summed E-state index contributed by atoms with van der Waals surface area (Å²) in [6.45, 7) is 0.710. The Labute approximate surface area is 106 Å². The summed E-state index contributed by atoms with van der Waals surface area (Å²) < 4.78 is 18.0. The van der Waals surface area contributed by atoms with Crippen LogP contribution in [0.1, 0.15) is 29.6 Å². The number of carbonyl (C=O) groups excluding carboxylic acids is 1. The highest BCUT2D eigenvalue weighted by atomic mass is 19.1. The number of aliphatic hydroxyl groups excluding tert-OH is 1. The van der Waals surface area contributed by atoms with Crippen LogP contribution in [0, 0.1) is 5.82 Å². The summed E-state index contributed by atoms with van der Waals surface area (Å²) in [6.07, 6.45) is 2.41. The SMILES string of the molecule is COc1cc(C(=O)NCCCCCO)ccc1F. The Balaban J connectivity index is 2.46. The molecule has 0 saturated heterocycles. The summed E-state index contributed by atoms with van der Waals surface area (Å²) in [6, 6.07) is 4.00. The number of benzene rings is 1. The normalized spacial score (nSPS) is 10.2. The molecule has 0 atom stereocenters. The van der Waals surface area contributed by atoms with E-state index in [1.165, 1.54) is 25.3 Å². The van der Waals surface area contributed by atoms with Crippen LogP contribution in [0.4, 0.5) is 4.39 Å². The topological polar surface area (TPSA) is 58.6 Å². The Kier molecular flexibility index (Phi) is 6.14. The van der Waals surface area contributed by atoms with Crippen molar-refractivity contribution in [1.29, 1.82) is 0 Å². The van der Waals surface area contributed by atoms with Crippen LogP contribution < -0.4 is 10.1 Å². The average molecular weight is 255 g/mol. The Morgan fingerprint density at radius 2 is 2.17 bits per heavy atom. The summed E-state index contributed by atoms with van der Waals surface area (Å²) in [7, 11) is 1.36. The fourth-order valence-corrected chi connectivity index (χ4v) is 1.52. The summed E-state index contributed by atoms with van der Waals surface area (Å²) in [5.41, 5.74) is 0.371. The first-order valence-electron chi connectivity index (χ1n) is 5.91. The Morgan fingerprint density at radius 3 is 2.83 bits per heavy atom. The van der Waals surface area contributed by atoms with Crippen molar-refractivity contribution in [2.75, 3.05) is 20.3 Å². The van der Waals surface area contributed by atoms with Crippen molar-refractivity contribution in [1.82, 2.24) is 5.32 Å². The second kappa shape index (κ2) is 7.66. The van der Waals surface area contributed by atoms with E-state index in [1.807, 2.05) is 0 Å². The highest BCUT2D eigenvalue weighted by molar-refractivity contribution is 5.94. The largest absolute Gasteiger partial charge is 0.494 e. The van der Waals surface area contributed by atoms with Crippen LogP contribution in [-0.4, -0.2) is 31.3 Å². The summed E-state index contributed by atoms with van der Waals surface area (Å²) >= 11 is 0. The van der Waals surface area contributed by atoms with Crippen LogP contribution in [0.3, 0.4) is 0 Å². The van der Waals surface area contributed by atoms with Gasteiger partial charge in [0.15, 0.2) is 11.6 Å². The van der Waals surface area contributed by atoms with E-state index in [-0.39, 0.29) is 18.3 Å². The highest BCUT2D eigenvalue weighted by Crippen LogP contribution is 2.18. The van der Waals surface area contributed by atoms with Crippen LogP contribution in [0.2, 0.25) is 0 Å². The summed E-state index contributed by atoms with van der Waals surface area (Å²) in [4.78, 5) is 11.7. The summed E-state index contributed by atoms with van der Waals surface area (Å²) in [5.74, 6) is -0.683. The number of amides is 1. The van der Waals surface area contributed by atoms with Crippen LogP contribution in [0.15, 0.2) is 18.2 Å².